The van der Waals surface area contributed by atoms with Gasteiger partial charge in [0.1, 0.15) is 0 Å². The average Bonchev–Trinajstić information content (AvgIpc) is 2.14. The highest BCUT2D eigenvalue weighted by Gasteiger charge is 2.16. The molecule has 1 aliphatic heterocycles. The second-order valence-electron chi connectivity index (χ2n) is 2.83. The molecule has 1 atom stereocenters. The highest BCUT2D eigenvalue weighted by atomic mass is 15.1. The lowest BCUT2D eigenvalue weighted by Crippen LogP contribution is -2.13. The second-order valence-corrected chi connectivity index (χ2v) is 2.83. The van der Waals surface area contributed by atoms with Crippen molar-refractivity contribution >= 4 is 0 Å². The van der Waals surface area contributed by atoms with Crippen molar-refractivity contribution < 1.29 is 0 Å². The first-order valence-corrected chi connectivity index (χ1v) is 3.51. The van der Waals surface area contributed by atoms with E-state index in [4.69, 9.17) is 0 Å². The molecule has 0 spiro atoms. The van der Waals surface area contributed by atoms with Gasteiger partial charge in [-0.25, -0.2) is 0 Å². The van der Waals surface area contributed by atoms with Gasteiger partial charge in [-0.15, -0.1) is 0 Å². The molecule has 0 radical (unpaired) electrons. The van der Waals surface area contributed by atoms with Crippen LogP contribution < -0.4 is 0 Å². The first-order chi connectivity index (χ1) is 3.83. The van der Waals surface area contributed by atoms with E-state index in [0.717, 1.165) is 5.92 Å². The van der Waals surface area contributed by atoms with Crippen LogP contribution in [0.15, 0.2) is 0 Å². The Balaban J connectivity index is 0.000000640. The first kappa shape index (κ1) is 8.96. The van der Waals surface area contributed by atoms with Crippen LogP contribution in [0.2, 0.25) is 0 Å². The molecule has 0 aliphatic carbocycles. The lowest BCUT2D eigenvalue weighted by atomic mass is 10.1. The Morgan fingerprint density at radius 3 is 2.44 bits per heavy atom. The third-order valence-corrected chi connectivity index (χ3v) is 2.07. The van der Waals surface area contributed by atoms with Gasteiger partial charge in [-0.2, -0.15) is 0 Å². The molecular formula is C8H19N. The second kappa shape index (κ2) is 3.89. The predicted octanol–water partition coefficient (Wildman–Crippen LogP) is 1.98. The summed E-state index contributed by atoms with van der Waals surface area (Å²) in [5.74, 6) is 1.000. The van der Waals surface area contributed by atoms with Gasteiger partial charge in [-0.3, -0.25) is 0 Å². The number of hydrogen-bond acceptors (Lipinski definition) is 1. The van der Waals surface area contributed by atoms with Gasteiger partial charge < -0.3 is 4.90 Å². The van der Waals surface area contributed by atoms with Crippen molar-refractivity contribution in [3.05, 3.63) is 0 Å². The monoisotopic (exact) mass is 129 g/mol. The molecule has 1 nitrogen and oxygen atoms in total. The molecular weight excluding hydrogens is 110 g/mol. The molecule has 1 rings (SSSR count). The van der Waals surface area contributed by atoms with Gasteiger partial charge in [0.2, 0.25) is 0 Å². The molecule has 0 bridgehead atoms. The maximum Gasteiger partial charge on any atom is 0.000698 e. The zero-order valence-corrected chi connectivity index (χ0v) is 5.85. The summed E-state index contributed by atoms with van der Waals surface area (Å²) >= 11 is 0. The highest BCUT2D eigenvalue weighted by Crippen LogP contribution is 2.16. The SMILES string of the molecule is C.CCC1CCN(C)C1. The van der Waals surface area contributed by atoms with Gasteiger partial charge in [-0.1, -0.05) is 20.8 Å². The summed E-state index contributed by atoms with van der Waals surface area (Å²) in [6.45, 7) is 4.93. The van der Waals surface area contributed by atoms with Crippen molar-refractivity contribution in [1.82, 2.24) is 4.90 Å². The van der Waals surface area contributed by atoms with Crippen molar-refractivity contribution in [2.75, 3.05) is 20.1 Å². The lowest BCUT2D eigenvalue weighted by Gasteiger charge is -2.05. The van der Waals surface area contributed by atoms with Crippen LogP contribution in [0.3, 0.4) is 0 Å². The molecule has 1 unspecified atom stereocenters. The summed E-state index contributed by atoms with van der Waals surface area (Å²) in [4.78, 5) is 2.41. The zero-order chi connectivity index (χ0) is 5.98. The molecule has 1 saturated heterocycles. The van der Waals surface area contributed by atoms with Crippen molar-refractivity contribution in [1.29, 1.82) is 0 Å². The van der Waals surface area contributed by atoms with Crippen LogP contribution in [0.5, 0.6) is 0 Å². The van der Waals surface area contributed by atoms with Crippen LogP contribution in [-0.4, -0.2) is 25.0 Å². The number of rotatable bonds is 1. The van der Waals surface area contributed by atoms with E-state index in [2.05, 4.69) is 18.9 Å². The number of hydrogen-bond donors (Lipinski definition) is 0. The van der Waals surface area contributed by atoms with Crippen LogP contribution >= 0.6 is 0 Å². The van der Waals surface area contributed by atoms with E-state index in [0.29, 0.717) is 0 Å². The van der Waals surface area contributed by atoms with Crippen molar-refractivity contribution in [3.8, 4) is 0 Å². The van der Waals surface area contributed by atoms with E-state index >= 15 is 0 Å². The minimum atomic E-state index is 0. The van der Waals surface area contributed by atoms with Crippen LogP contribution in [0.4, 0.5) is 0 Å². The summed E-state index contributed by atoms with van der Waals surface area (Å²) in [5, 5.41) is 0. The summed E-state index contributed by atoms with van der Waals surface area (Å²) in [7, 11) is 2.20. The molecule has 1 fully saturated rings. The molecule has 1 heteroatoms. The molecule has 0 N–H and O–H groups in total. The third-order valence-electron chi connectivity index (χ3n) is 2.07. The summed E-state index contributed by atoms with van der Waals surface area (Å²) in [6.07, 6.45) is 2.79. The minimum absolute atomic E-state index is 0. The third kappa shape index (κ3) is 2.35. The summed E-state index contributed by atoms with van der Waals surface area (Å²) in [5.41, 5.74) is 0. The normalized spacial score (nSPS) is 28.0. The maximum absolute atomic E-state index is 2.41. The van der Waals surface area contributed by atoms with E-state index in [1.807, 2.05) is 0 Å². The number of nitrogens with zero attached hydrogens (tertiary/aromatic N) is 1. The standard InChI is InChI=1S/C7H15N.CH4/c1-3-7-4-5-8(2)6-7;/h7H,3-6H2,1-2H3;1H4. The van der Waals surface area contributed by atoms with Crippen molar-refractivity contribution in [2.24, 2.45) is 5.92 Å². The van der Waals surface area contributed by atoms with Crippen LogP contribution in [0.25, 0.3) is 0 Å². The van der Waals surface area contributed by atoms with Crippen LogP contribution in [0.1, 0.15) is 27.2 Å². The zero-order valence-electron chi connectivity index (χ0n) is 5.85. The van der Waals surface area contributed by atoms with E-state index in [1.54, 1.807) is 0 Å². The van der Waals surface area contributed by atoms with Gasteiger partial charge in [0, 0.05) is 6.54 Å². The smallest absolute Gasteiger partial charge is 0.000698 e. The Bertz CT molecular complexity index is 71.0. The van der Waals surface area contributed by atoms with Gasteiger partial charge >= 0.3 is 0 Å². The molecule has 0 saturated carbocycles. The first-order valence-electron chi connectivity index (χ1n) is 3.51. The van der Waals surface area contributed by atoms with E-state index in [1.165, 1.54) is 25.9 Å². The quantitative estimate of drug-likeness (QED) is 0.523. The molecule has 0 amide bonds. The maximum atomic E-state index is 2.41. The average molecular weight is 129 g/mol. The fourth-order valence-electron chi connectivity index (χ4n) is 1.36. The van der Waals surface area contributed by atoms with Crippen LogP contribution in [0, 0.1) is 5.92 Å². The lowest BCUT2D eigenvalue weighted by molar-refractivity contribution is 0.392. The Hall–Kier alpha value is -0.0400. The molecule has 0 aromatic carbocycles. The predicted molar refractivity (Wildman–Crippen MR) is 42.6 cm³/mol. The Morgan fingerprint density at radius 1 is 1.56 bits per heavy atom. The summed E-state index contributed by atoms with van der Waals surface area (Å²) in [6, 6.07) is 0. The summed E-state index contributed by atoms with van der Waals surface area (Å²) < 4.78 is 0. The fourth-order valence-corrected chi connectivity index (χ4v) is 1.36. The van der Waals surface area contributed by atoms with E-state index in [9.17, 15) is 0 Å². The van der Waals surface area contributed by atoms with Crippen molar-refractivity contribution in [2.45, 2.75) is 27.2 Å². The van der Waals surface area contributed by atoms with Crippen LogP contribution in [-0.2, 0) is 0 Å². The van der Waals surface area contributed by atoms with E-state index in [-0.39, 0.29) is 7.43 Å². The molecule has 1 heterocycles. The molecule has 56 valence electrons. The molecule has 9 heavy (non-hydrogen) atoms. The highest BCUT2D eigenvalue weighted by molar-refractivity contribution is 4.70. The van der Waals surface area contributed by atoms with Gasteiger partial charge in [0.05, 0.1) is 0 Å². The molecule has 0 aromatic rings. The van der Waals surface area contributed by atoms with Crippen molar-refractivity contribution in [3.63, 3.8) is 0 Å². The Labute approximate surface area is 59.1 Å². The van der Waals surface area contributed by atoms with Gasteiger partial charge in [-0.05, 0) is 25.9 Å². The van der Waals surface area contributed by atoms with E-state index < -0.39 is 0 Å². The number of likely N-dealkylation sites (tertiary alicyclic amines) is 1. The van der Waals surface area contributed by atoms with Gasteiger partial charge in [0.25, 0.3) is 0 Å². The molecule has 0 aromatic heterocycles. The Morgan fingerprint density at radius 2 is 2.22 bits per heavy atom. The van der Waals surface area contributed by atoms with Gasteiger partial charge in [0.15, 0.2) is 0 Å². The minimum Gasteiger partial charge on any atom is -0.306 e. The Kier molecular flexibility index (Phi) is 3.87. The topological polar surface area (TPSA) is 3.24 Å². The fraction of sp³-hybridized carbons (Fsp3) is 1.00. The largest absolute Gasteiger partial charge is 0.306 e. The molecule has 1 aliphatic rings.